The average Bonchev–Trinajstić information content (AvgIpc) is 2.54. The lowest BCUT2D eigenvalue weighted by Crippen LogP contribution is -2.21. The third-order valence-electron chi connectivity index (χ3n) is 3.35. The third-order valence-corrected chi connectivity index (χ3v) is 4.70. The van der Waals surface area contributed by atoms with Crippen LogP contribution in [0.1, 0.15) is 11.3 Å². The number of thioether (sulfide) groups is 1. The Morgan fingerprint density at radius 2 is 1.78 bits per heavy atom. The molecule has 1 heterocycles. The highest BCUT2D eigenvalue weighted by Gasteiger charge is 2.11. The number of hydrogen-bond donors (Lipinski definition) is 0. The lowest BCUT2D eigenvalue weighted by molar-refractivity contribution is 0.780. The molecule has 0 aliphatic carbocycles. The number of benzene rings is 2. The molecule has 0 saturated heterocycles. The minimum Gasteiger partial charge on any atom is -0.269 e. The molecule has 5 heteroatoms. The summed E-state index contributed by atoms with van der Waals surface area (Å²) in [7, 11) is 0. The third kappa shape index (κ3) is 3.66. The Labute approximate surface area is 144 Å². The van der Waals surface area contributed by atoms with E-state index in [1.165, 1.54) is 11.8 Å². The van der Waals surface area contributed by atoms with Gasteiger partial charge in [-0.2, -0.15) is 0 Å². The van der Waals surface area contributed by atoms with Crippen LogP contribution in [0.4, 0.5) is 0 Å². The van der Waals surface area contributed by atoms with Crippen LogP contribution in [0.15, 0.2) is 70.6 Å². The van der Waals surface area contributed by atoms with Gasteiger partial charge in [-0.1, -0.05) is 59.8 Å². The molecule has 0 N–H and O–H groups in total. The monoisotopic (exact) mass is 342 g/mol. The maximum Gasteiger partial charge on any atom is 0.258 e. The van der Waals surface area contributed by atoms with Crippen molar-refractivity contribution in [2.24, 2.45) is 0 Å². The first kappa shape index (κ1) is 15.8. The summed E-state index contributed by atoms with van der Waals surface area (Å²) >= 11 is 7.71. The highest BCUT2D eigenvalue weighted by atomic mass is 35.5. The number of para-hydroxylation sites is 1. The van der Waals surface area contributed by atoms with E-state index in [4.69, 9.17) is 11.6 Å². The zero-order valence-electron chi connectivity index (χ0n) is 12.6. The molecule has 0 aliphatic heterocycles. The highest BCUT2D eigenvalue weighted by Crippen LogP contribution is 2.26. The molecule has 3 nitrogen and oxygen atoms in total. The second-order valence-corrected chi connectivity index (χ2v) is 6.42. The van der Waals surface area contributed by atoms with Gasteiger partial charge in [-0.05, 0) is 30.7 Å². The van der Waals surface area contributed by atoms with Gasteiger partial charge in [0.1, 0.15) is 0 Å². The zero-order chi connectivity index (χ0) is 16.2. The summed E-state index contributed by atoms with van der Waals surface area (Å²) in [6.07, 6.45) is 0. The van der Waals surface area contributed by atoms with E-state index in [0.29, 0.717) is 16.6 Å². The second kappa shape index (κ2) is 7.02. The van der Waals surface area contributed by atoms with Gasteiger partial charge in [-0.15, -0.1) is 0 Å². The molecule has 3 rings (SSSR count). The van der Waals surface area contributed by atoms with Crippen molar-refractivity contribution in [2.45, 2.75) is 17.8 Å². The first-order chi connectivity index (χ1) is 11.1. The molecule has 0 unspecified atom stereocenters. The quantitative estimate of drug-likeness (QED) is 0.517. The number of aryl methyl sites for hydroxylation is 1. The van der Waals surface area contributed by atoms with E-state index in [1.807, 2.05) is 61.5 Å². The maximum atomic E-state index is 12.4. The van der Waals surface area contributed by atoms with Gasteiger partial charge in [-0.3, -0.25) is 9.36 Å². The van der Waals surface area contributed by atoms with E-state index in [9.17, 15) is 4.79 Å². The van der Waals surface area contributed by atoms with Crippen molar-refractivity contribution in [3.63, 3.8) is 0 Å². The van der Waals surface area contributed by atoms with Crippen molar-refractivity contribution in [3.05, 3.63) is 87.3 Å². The number of hydrogen-bond acceptors (Lipinski definition) is 3. The Morgan fingerprint density at radius 3 is 2.52 bits per heavy atom. The summed E-state index contributed by atoms with van der Waals surface area (Å²) in [6.45, 7) is 1.83. The summed E-state index contributed by atoms with van der Waals surface area (Å²) in [4.78, 5) is 17.0. The maximum absolute atomic E-state index is 12.4. The molecular weight excluding hydrogens is 328 g/mol. The van der Waals surface area contributed by atoms with Gasteiger partial charge in [0.25, 0.3) is 5.56 Å². The molecule has 0 saturated carbocycles. The van der Waals surface area contributed by atoms with E-state index in [2.05, 4.69) is 4.98 Å². The standard InChI is InChI=1S/C18H15ClN2OS/c1-13-11-17(22)21(15-8-3-2-4-9-15)18(20-13)23-12-14-7-5-6-10-16(14)19/h2-11H,12H2,1H3. The van der Waals surface area contributed by atoms with Crippen LogP contribution in [-0.4, -0.2) is 9.55 Å². The molecule has 0 amide bonds. The molecular formula is C18H15ClN2OS. The summed E-state index contributed by atoms with van der Waals surface area (Å²) < 4.78 is 1.63. The molecule has 0 aliphatic rings. The van der Waals surface area contributed by atoms with Gasteiger partial charge in [0, 0.05) is 22.5 Å². The van der Waals surface area contributed by atoms with Crippen molar-refractivity contribution in [2.75, 3.05) is 0 Å². The van der Waals surface area contributed by atoms with Crippen LogP contribution >= 0.6 is 23.4 Å². The molecule has 0 atom stereocenters. The van der Waals surface area contributed by atoms with E-state index in [-0.39, 0.29) is 5.56 Å². The van der Waals surface area contributed by atoms with Crippen molar-refractivity contribution in [3.8, 4) is 5.69 Å². The Hall–Kier alpha value is -2.04. The molecule has 1 aromatic heterocycles. The van der Waals surface area contributed by atoms with Crippen LogP contribution in [0.5, 0.6) is 0 Å². The van der Waals surface area contributed by atoms with E-state index in [1.54, 1.807) is 10.6 Å². The van der Waals surface area contributed by atoms with Gasteiger partial charge < -0.3 is 0 Å². The largest absolute Gasteiger partial charge is 0.269 e. The van der Waals surface area contributed by atoms with Crippen molar-refractivity contribution in [1.82, 2.24) is 9.55 Å². The lowest BCUT2D eigenvalue weighted by atomic mass is 10.2. The van der Waals surface area contributed by atoms with Gasteiger partial charge >= 0.3 is 0 Å². The Bertz CT molecular complexity index is 878. The van der Waals surface area contributed by atoms with Crippen LogP contribution in [0, 0.1) is 6.92 Å². The molecule has 116 valence electrons. The fourth-order valence-electron chi connectivity index (χ4n) is 2.24. The predicted octanol–water partition coefficient (Wildman–Crippen LogP) is 4.49. The van der Waals surface area contributed by atoms with E-state index in [0.717, 1.165) is 16.3 Å². The first-order valence-electron chi connectivity index (χ1n) is 7.17. The predicted molar refractivity (Wildman–Crippen MR) is 95.6 cm³/mol. The van der Waals surface area contributed by atoms with Crippen LogP contribution < -0.4 is 5.56 Å². The Balaban J connectivity index is 1.99. The molecule has 23 heavy (non-hydrogen) atoms. The molecule has 0 bridgehead atoms. The van der Waals surface area contributed by atoms with E-state index >= 15 is 0 Å². The molecule has 2 aromatic carbocycles. The number of nitrogens with zero attached hydrogens (tertiary/aromatic N) is 2. The summed E-state index contributed by atoms with van der Waals surface area (Å²) in [5, 5.41) is 1.39. The summed E-state index contributed by atoms with van der Waals surface area (Å²) in [5.74, 6) is 0.655. The number of rotatable bonds is 4. The van der Waals surface area contributed by atoms with Crippen LogP contribution in [0.2, 0.25) is 5.02 Å². The topological polar surface area (TPSA) is 34.9 Å². The van der Waals surface area contributed by atoms with Crippen LogP contribution in [0.25, 0.3) is 5.69 Å². The Morgan fingerprint density at radius 1 is 1.09 bits per heavy atom. The molecule has 3 aromatic rings. The average molecular weight is 343 g/mol. The van der Waals surface area contributed by atoms with Gasteiger partial charge in [0.2, 0.25) is 0 Å². The number of aromatic nitrogens is 2. The van der Waals surface area contributed by atoms with Crippen LogP contribution in [0.3, 0.4) is 0 Å². The minimum atomic E-state index is -0.0784. The van der Waals surface area contributed by atoms with E-state index < -0.39 is 0 Å². The molecule has 0 fully saturated rings. The van der Waals surface area contributed by atoms with Crippen molar-refractivity contribution < 1.29 is 0 Å². The first-order valence-corrected chi connectivity index (χ1v) is 8.54. The smallest absolute Gasteiger partial charge is 0.258 e. The lowest BCUT2D eigenvalue weighted by Gasteiger charge is -2.12. The zero-order valence-corrected chi connectivity index (χ0v) is 14.1. The fourth-order valence-corrected chi connectivity index (χ4v) is 3.59. The summed E-state index contributed by atoms with van der Waals surface area (Å²) in [6, 6.07) is 18.8. The van der Waals surface area contributed by atoms with Gasteiger partial charge in [0.15, 0.2) is 5.16 Å². The fraction of sp³-hybridized carbons (Fsp3) is 0.111. The second-order valence-electron chi connectivity index (χ2n) is 5.07. The number of halogens is 1. The normalized spacial score (nSPS) is 10.7. The molecule has 0 spiro atoms. The SMILES string of the molecule is Cc1cc(=O)n(-c2ccccc2)c(SCc2ccccc2Cl)n1. The van der Waals surface area contributed by atoms with Crippen LogP contribution in [-0.2, 0) is 5.75 Å². The van der Waals surface area contributed by atoms with Gasteiger partial charge in [-0.25, -0.2) is 4.98 Å². The van der Waals surface area contributed by atoms with Gasteiger partial charge in [0.05, 0.1) is 5.69 Å². The Kier molecular flexibility index (Phi) is 4.84. The molecule has 0 radical (unpaired) electrons. The highest BCUT2D eigenvalue weighted by molar-refractivity contribution is 7.98. The minimum absolute atomic E-state index is 0.0784. The van der Waals surface area contributed by atoms with Crippen molar-refractivity contribution >= 4 is 23.4 Å². The van der Waals surface area contributed by atoms with Crippen molar-refractivity contribution in [1.29, 1.82) is 0 Å². The summed E-state index contributed by atoms with van der Waals surface area (Å²) in [5.41, 5.74) is 2.47.